The van der Waals surface area contributed by atoms with Crippen molar-refractivity contribution in [2.45, 2.75) is 44.7 Å². The fourth-order valence-electron chi connectivity index (χ4n) is 3.17. The Morgan fingerprint density at radius 2 is 2.08 bits per heavy atom. The van der Waals surface area contributed by atoms with Gasteiger partial charge in [-0.3, -0.25) is 0 Å². The fraction of sp³-hybridized carbons (Fsp3) is 0.500. The first kappa shape index (κ1) is 17.9. The summed E-state index contributed by atoms with van der Waals surface area (Å²) in [4.78, 5) is 2.06. The quantitative estimate of drug-likeness (QED) is 0.590. The topological polar surface area (TPSA) is 59.8 Å². The second kappa shape index (κ2) is 6.12. The molecule has 1 aromatic heterocycles. The van der Waals surface area contributed by atoms with Gasteiger partial charge in [0, 0.05) is 23.5 Å². The van der Waals surface area contributed by atoms with Crippen LogP contribution in [0, 0.1) is 0 Å². The molecule has 0 N–H and O–H groups in total. The number of hydrogen-bond donors (Lipinski definition) is 0. The van der Waals surface area contributed by atoms with Crippen molar-refractivity contribution < 1.29 is 30.2 Å². The Kier molecular flexibility index (Phi) is 4.38. The van der Waals surface area contributed by atoms with Gasteiger partial charge < -0.3 is 13.5 Å². The summed E-state index contributed by atoms with van der Waals surface area (Å²) in [5, 5.41) is 0.562. The fourth-order valence-corrected chi connectivity index (χ4v) is 3.63. The number of furan rings is 1. The van der Waals surface area contributed by atoms with Crippen LogP contribution in [0.5, 0.6) is 5.75 Å². The van der Waals surface area contributed by atoms with Crippen LogP contribution >= 0.6 is 0 Å². The van der Waals surface area contributed by atoms with Crippen LogP contribution < -0.4 is 9.08 Å². The molecule has 2 aromatic rings. The van der Waals surface area contributed by atoms with E-state index < -0.39 is 21.4 Å². The monoisotopic (exact) mass is 377 g/mol. The molecule has 0 radical (unpaired) electrons. The number of anilines is 1. The average Bonchev–Trinajstić information content (AvgIpc) is 3.09. The molecule has 138 valence electrons. The lowest BCUT2D eigenvalue weighted by molar-refractivity contribution is -0.0499. The van der Waals surface area contributed by atoms with Gasteiger partial charge in [-0.2, -0.15) is 21.6 Å². The molecule has 1 unspecified atom stereocenters. The summed E-state index contributed by atoms with van der Waals surface area (Å²) >= 11 is 0. The predicted octanol–water partition coefficient (Wildman–Crippen LogP) is 4.21. The first-order valence-electron chi connectivity index (χ1n) is 7.97. The van der Waals surface area contributed by atoms with E-state index in [1.165, 1.54) is 6.07 Å². The van der Waals surface area contributed by atoms with Gasteiger partial charge in [0.25, 0.3) is 0 Å². The van der Waals surface area contributed by atoms with E-state index in [9.17, 15) is 21.6 Å². The van der Waals surface area contributed by atoms with Gasteiger partial charge in [-0.15, -0.1) is 0 Å². The van der Waals surface area contributed by atoms with Gasteiger partial charge in [0.05, 0.1) is 0 Å². The van der Waals surface area contributed by atoms with Gasteiger partial charge in [0.1, 0.15) is 0 Å². The lowest BCUT2D eigenvalue weighted by atomic mass is 10.1. The van der Waals surface area contributed by atoms with E-state index >= 15 is 0 Å². The van der Waals surface area contributed by atoms with Gasteiger partial charge in [0.2, 0.25) is 0 Å². The predicted molar refractivity (Wildman–Crippen MR) is 87.2 cm³/mol. The maximum atomic E-state index is 12.6. The molecule has 0 amide bonds. The van der Waals surface area contributed by atoms with E-state index in [0.29, 0.717) is 17.7 Å². The van der Waals surface area contributed by atoms with E-state index in [2.05, 4.69) is 9.08 Å². The number of hydrogen-bond acceptors (Lipinski definition) is 5. The van der Waals surface area contributed by atoms with Crippen molar-refractivity contribution in [1.29, 1.82) is 0 Å². The molecular formula is C16H18F3NO4S. The van der Waals surface area contributed by atoms with Crippen molar-refractivity contribution in [2.24, 2.45) is 0 Å². The minimum atomic E-state index is -5.76. The first-order chi connectivity index (χ1) is 11.7. The zero-order chi connectivity index (χ0) is 18.4. The standard InChI is InChI=1S/C16H18F3NO4S/c1-3-11-12-7-4-8-13(24-25(21,22)16(17,18)19)14(12)23-15(11)20-9-5-6-10(20)2/h4,7-8,10H,3,5-6,9H2,1-2H3. The van der Waals surface area contributed by atoms with Crippen molar-refractivity contribution in [3.05, 3.63) is 23.8 Å². The van der Waals surface area contributed by atoms with E-state index in [1.54, 1.807) is 6.07 Å². The van der Waals surface area contributed by atoms with Crippen LogP contribution in [0.2, 0.25) is 0 Å². The normalized spacial score (nSPS) is 18.9. The third-order valence-corrected chi connectivity index (χ3v) is 5.38. The molecular weight excluding hydrogens is 359 g/mol. The van der Waals surface area contributed by atoms with Gasteiger partial charge in [0.15, 0.2) is 17.2 Å². The number of halogens is 3. The van der Waals surface area contributed by atoms with Crippen LogP contribution in [0.25, 0.3) is 11.0 Å². The molecule has 0 aliphatic carbocycles. The largest absolute Gasteiger partial charge is 0.534 e. The average molecular weight is 377 g/mol. The van der Waals surface area contributed by atoms with Crippen molar-refractivity contribution in [3.8, 4) is 5.75 Å². The Hall–Kier alpha value is -1.90. The van der Waals surface area contributed by atoms with Crippen LogP contribution in [0.1, 0.15) is 32.3 Å². The Labute approximate surface area is 143 Å². The van der Waals surface area contributed by atoms with Crippen LogP contribution in [0.15, 0.2) is 22.6 Å². The number of benzene rings is 1. The molecule has 1 aromatic carbocycles. The van der Waals surface area contributed by atoms with E-state index in [-0.39, 0.29) is 11.6 Å². The molecule has 25 heavy (non-hydrogen) atoms. The van der Waals surface area contributed by atoms with Crippen molar-refractivity contribution in [2.75, 3.05) is 11.4 Å². The van der Waals surface area contributed by atoms with Crippen LogP contribution in [0.4, 0.5) is 19.1 Å². The number of fused-ring (bicyclic) bond motifs is 1. The third kappa shape index (κ3) is 3.05. The maximum Gasteiger partial charge on any atom is 0.534 e. The molecule has 1 atom stereocenters. The molecule has 0 spiro atoms. The number of para-hydroxylation sites is 1. The summed E-state index contributed by atoms with van der Waals surface area (Å²) in [6.07, 6.45) is 2.58. The third-order valence-electron chi connectivity index (χ3n) is 4.41. The molecule has 5 nitrogen and oxygen atoms in total. The minimum Gasteiger partial charge on any atom is -0.436 e. The van der Waals surface area contributed by atoms with Gasteiger partial charge in [-0.05, 0) is 32.3 Å². The highest BCUT2D eigenvalue weighted by molar-refractivity contribution is 7.88. The van der Waals surface area contributed by atoms with Crippen LogP contribution in [-0.4, -0.2) is 26.5 Å². The number of aryl methyl sites for hydroxylation is 1. The summed E-state index contributed by atoms with van der Waals surface area (Å²) in [5.41, 5.74) is -4.65. The molecule has 3 rings (SSSR count). The van der Waals surface area contributed by atoms with Gasteiger partial charge in [-0.1, -0.05) is 19.1 Å². The second-order valence-electron chi connectivity index (χ2n) is 6.04. The molecule has 1 fully saturated rings. The summed E-state index contributed by atoms with van der Waals surface area (Å²) < 4.78 is 70.6. The molecule has 1 saturated heterocycles. The highest BCUT2D eigenvalue weighted by atomic mass is 32.2. The molecule has 9 heteroatoms. The van der Waals surface area contributed by atoms with Gasteiger partial charge >= 0.3 is 15.6 Å². The maximum absolute atomic E-state index is 12.6. The van der Waals surface area contributed by atoms with Crippen molar-refractivity contribution >= 4 is 27.0 Å². The second-order valence-corrected chi connectivity index (χ2v) is 7.58. The zero-order valence-electron chi connectivity index (χ0n) is 13.8. The number of rotatable bonds is 4. The Bertz CT molecular complexity index is 889. The zero-order valence-corrected chi connectivity index (χ0v) is 14.6. The summed E-state index contributed by atoms with van der Waals surface area (Å²) in [6.45, 7) is 4.74. The molecule has 1 aliphatic rings. The smallest absolute Gasteiger partial charge is 0.436 e. The van der Waals surface area contributed by atoms with E-state index in [0.717, 1.165) is 31.0 Å². The molecule has 2 heterocycles. The Balaban J connectivity index is 2.12. The lowest BCUT2D eigenvalue weighted by Crippen LogP contribution is -2.28. The van der Waals surface area contributed by atoms with Crippen molar-refractivity contribution in [1.82, 2.24) is 0 Å². The molecule has 0 bridgehead atoms. The SMILES string of the molecule is CCc1c(N2CCCC2C)oc2c(OS(=O)(=O)C(F)(F)F)cccc12. The van der Waals surface area contributed by atoms with Crippen LogP contribution in [0.3, 0.4) is 0 Å². The summed E-state index contributed by atoms with van der Waals surface area (Å²) in [7, 11) is -5.76. The van der Waals surface area contributed by atoms with Crippen molar-refractivity contribution in [3.63, 3.8) is 0 Å². The number of nitrogens with zero attached hydrogens (tertiary/aromatic N) is 1. The van der Waals surface area contributed by atoms with Crippen LogP contribution in [-0.2, 0) is 16.5 Å². The Morgan fingerprint density at radius 3 is 2.64 bits per heavy atom. The van der Waals surface area contributed by atoms with E-state index in [1.807, 2.05) is 13.8 Å². The summed E-state index contributed by atoms with van der Waals surface area (Å²) in [6, 6.07) is 4.55. The Morgan fingerprint density at radius 1 is 1.36 bits per heavy atom. The first-order valence-corrected chi connectivity index (χ1v) is 9.38. The highest BCUT2D eigenvalue weighted by Gasteiger charge is 2.49. The molecule has 0 saturated carbocycles. The highest BCUT2D eigenvalue weighted by Crippen LogP contribution is 2.41. The molecule has 1 aliphatic heterocycles. The minimum absolute atomic E-state index is 0.0151. The number of alkyl halides is 3. The van der Waals surface area contributed by atoms with E-state index in [4.69, 9.17) is 4.42 Å². The van der Waals surface area contributed by atoms with Gasteiger partial charge in [-0.25, -0.2) is 0 Å². The lowest BCUT2D eigenvalue weighted by Gasteiger charge is -2.21. The summed E-state index contributed by atoms with van der Waals surface area (Å²) in [5.74, 6) is 0.116.